The van der Waals surface area contributed by atoms with Gasteiger partial charge in [-0.2, -0.15) is 0 Å². The summed E-state index contributed by atoms with van der Waals surface area (Å²) in [5.74, 6) is -2.11. The molecule has 6 nitrogen and oxygen atoms in total. The Kier molecular flexibility index (Phi) is 5.26. The van der Waals surface area contributed by atoms with Crippen LogP contribution < -0.4 is 5.32 Å². The zero-order chi connectivity index (χ0) is 18.5. The van der Waals surface area contributed by atoms with Crippen molar-refractivity contribution in [3.63, 3.8) is 0 Å². The monoisotopic (exact) mass is 356 g/mol. The van der Waals surface area contributed by atoms with Crippen molar-refractivity contribution in [1.29, 1.82) is 0 Å². The summed E-state index contributed by atoms with van der Waals surface area (Å²) in [6.45, 7) is 0. The second kappa shape index (κ2) is 7.77. The zero-order valence-electron chi connectivity index (χ0n) is 13.8. The van der Waals surface area contributed by atoms with E-state index in [1.807, 2.05) is 6.07 Å². The van der Waals surface area contributed by atoms with E-state index >= 15 is 0 Å². The van der Waals surface area contributed by atoms with Crippen LogP contribution in [0, 0.1) is 5.82 Å². The number of nitrogens with zero attached hydrogens (tertiary/aromatic N) is 1. The van der Waals surface area contributed by atoms with Crippen LogP contribution in [0.4, 0.5) is 4.39 Å². The Labute approximate surface area is 149 Å². The molecule has 0 saturated carbocycles. The van der Waals surface area contributed by atoms with Gasteiger partial charge < -0.3 is 15.3 Å². The van der Waals surface area contributed by atoms with Gasteiger partial charge in [-0.05, 0) is 17.7 Å². The van der Waals surface area contributed by atoms with Gasteiger partial charge in [0.2, 0.25) is 6.10 Å². The van der Waals surface area contributed by atoms with E-state index in [4.69, 9.17) is 4.84 Å². The quantitative estimate of drug-likeness (QED) is 0.830. The lowest BCUT2D eigenvalue weighted by Gasteiger charge is -2.16. The normalized spacial score (nSPS) is 17.1. The topological polar surface area (TPSA) is 88.0 Å². The van der Waals surface area contributed by atoms with Crippen LogP contribution in [0.15, 0.2) is 59.8 Å². The summed E-state index contributed by atoms with van der Waals surface area (Å²) < 4.78 is 13.3. The van der Waals surface area contributed by atoms with Gasteiger partial charge in [0.25, 0.3) is 5.91 Å². The average Bonchev–Trinajstić information content (AvgIpc) is 3.12. The fraction of sp³-hybridized carbons (Fsp3) is 0.211. The van der Waals surface area contributed by atoms with Gasteiger partial charge in [-0.1, -0.05) is 47.6 Å². The third-order valence-electron chi connectivity index (χ3n) is 4.02. The first-order valence-corrected chi connectivity index (χ1v) is 8.08. The fourth-order valence-electron chi connectivity index (χ4n) is 2.67. The first kappa shape index (κ1) is 17.6. The standard InChI is InChI=1S/C19H17FN2O4/c20-14-8-4-7-13(10-14)15-11-17(26-22-15)18(23)21-16(19(24)25)9-12-5-2-1-3-6-12/h1-8,10,16-17H,9,11H2,(H,21,23)(H,24,25)/t16-,17+/m1/s1. The maximum Gasteiger partial charge on any atom is 0.326 e. The van der Waals surface area contributed by atoms with Crippen molar-refractivity contribution in [2.45, 2.75) is 25.0 Å². The smallest absolute Gasteiger partial charge is 0.326 e. The van der Waals surface area contributed by atoms with Crippen molar-refractivity contribution in [3.05, 3.63) is 71.5 Å². The van der Waals surface area contributed by atoms with E-state index in [0.717, 1.165) is 5.56 Å². The minimum Gasteiger partial charge on any atom is -0.480 e. The molecule has 1 amide bonds. The second-order valence-corrected chi connectivity index (χ2v) is 5.94. The number of oxime groups is 1. The molecule has 26 heavy (non-hydrogen) atoms. The molecular weight excluding hydrogens is 339 g/mol. The van der Waals surface area contributed by atoms with Gasteiger partial charge in [0.1, 0.15) is 11.9 Å². The molecule has 1 aliphatic rings. The van der Waals surface area contributed by atoms with Crippen molar-refractivity contribution in [2.75, 3.05) is 0 Å². The van der Waals surface area contributed by atoms with E-state index in [2.05, 4.69) is 10.5 Å². The maximum absolute atomic E-state index is 13.3. The summed E-state index contributed by atoms with van der Waals surface area (Å²) in [5.41, 5.74) is 1.77. The molecule has 0 bridgehead atoms. The number of carboxylic acids is 1. The van der Waals surface area contributed by atoms with Gasteiger partial charge in [0, 0.05) is 18.4 Å². The summed E-state index contributed by atoms with van der Waals surface area (Å²) in [5, 5.41) is 15.7. The van der Waals surface area contributed by atoms with Crippen LogP contribution >= 0.6 is 0 Å². The third-order valence-corrected chi connectivity index (χ3v) is 4.02. The van der Waals surface area contributed by atoms with E-state index < -0.39 is 29.8 Å². The summed E-state index contributed by atoms with van der Waals surface area (Å²) in [7, 11) is 0. The van der Waals surface area contributed by atoms with Crippen LogP contribution in [0.5, 0.6) is 0 Å². The molecule has 1 heterocycles. The largest absolute Gasteiger partial charge is 0.480 e. The summed E-state index contributed by atoms with van der Waals surface area (Å²) in [4.78, 5) is 28.9. The van der Waals surface area contributed by atoms with Crippen molar-refractivity contribution in [3.8, 4) is 0 Å². The van der Waals surface area contributed by atoms with Gasteiger partial charge in [-0.25, -0.2) is 9.18 Å². The molecule has 0 fully saturated rings. The Morgan fingerprint density at radius 2 is 2.00 bits per heavy atom. The van der Waals surface area contributed by atoms with E-state index in [9.17, 15) is 19.1 Å². The Morgan fingerprint density at radius 1 is 1.23 bits per heavy atom. The molecule has 0 unspecified atom stereocenters. The molecule has 0 aliphatic carbocycles. The highest BCUT2D eigenvalue weighted by Gasteiger charge is 2.32. The number of amides is 1. The number of nitrogens with one attached hydrogen (secondary N) is 1. The second-order valence-electron chi connectivity index (χ2n) is 5.94. The van der Waals surface area contributed by atoms with E-state index in [-0.39, 0.29) is 12.8 Å². The van der Waals surface area contributed by atoms with Crippen LogP contribution in [-0.4, -0.2) is 34.8 Å². The first-order valence-electron chi connectivity index (χ1n) is 8.08. The molecule has 0 radical (unpaired) electrons. The molecule has 7 heteroatoms. The van der Waals surface area contributed by atoms with Crippen LogP contribution in [0.3, 0.4) is 0 Å². The summed E-state index contributed by atoms with van der Waals surface area (Å²) >= 11 is 0. The Bertz CT molecular complexity index is 838. The van der Waals surface area contributed by atoms with Crippen molar-refractivity contribution in [1.82, 2.24) is 5.32 Å². The highest BCUT2D eigenvalue weighted by Crippen LogP contribution is 2.18. The number of hydrogen-bond donors (Lipinski definition) is 2. The number of benzene rings is 2. The fourth-order valence-corrected chi connectivity index (χ4v) is 2.67. The molecule has 2 aromatic rings. The number of aliphatic carboxylic acids is 1. The van der Waals surface area contributed by atoms with E-state index in [1.54, 1.807) is 36.4 Å². The van der Waals surface area contributed by atoms with Crippen LogP contribution in [0.25, 0.3) is 0 Å². The number of halogens is 1. The lowest BCUT2D eigenvalue weighted by atomic mass is 10.0. The Hall–Kier alpha value is -3.22. The minimum atomic E-state index is -1.13. The number of carbonyl (C=O) groups is 2. The summed E-state index contributed by atoms with van der Waals surface area (Å²) in [6.07, 6.45) is -0.634. The molecule has 0 saturated heterocycles. The number of carbonyl (C=O) groups excluding carboxylic acids is 1. The van der Waals surface area contributed by atoms with E-state index in [0.29, 0.717) is 11.3 Å². The van der Waals surface area contributed by atoms with Gasteiger partial charge in [-0.15, -0.1) is 0 Å². The summed E-state index contributed by atoms with van der Waals surface area (Å²) in [6, 6.07) is 13.8. The predicted molar refractivity (Wildman–Crippen MR) is 92.1 cm³/mol. The molecule has 2 aromatic carbocycles. The SMILES string of the molecule is O=C(N[C@H](Cc1ccccc1)C(=O)O)[C@@H]1CC(c2cccc(F)c2)=NO1. The highest BCUT2D eigenvalue weighted by molar-refractivity contribution is 6.04. The number of rotatable bonds is 6. The van der Waals surface area contributed by atoms with Gasteiger partial charge in [-0.3, -0.25) is 4.79 Å². The van der Waals surface area contributed by atoms with Gasteiger partial charge >= 0.3 is 5.97 Å². The Morgan fingerprint density at radius 3 is 2.69 bits per heavy atom. The van der Waals surface area contributed by atoms with Crippen molar-refractivity contribution >= 4 is 17.6 Å². The molecule has 1 aliphatic heterocycles. The molecule has 2 atom stereocenters. The molecular formula is C19H17FN2O4. The minimum absolute atomic E-state index is 0.146. The number of carboxylic acid groups (broad SMARTS) is 1. The lowest BCUT2D eigenvalue weighted by molar-refractivity contribution is -0.143. The average molecular weight is 356 g/mol. The van der Waals surface area contributed by atoms with Crippen molar-refractivity contribution < 1.29 is 23.9 Å². The molecule has 0 spiro atoms. The molecule has 3 rings (SSSR count). The highest BCUT2D eigenvalue weighted by atomic mass is 19.1. The maximum atomic E-state index is 13.3. The van der Waals surface area contributed by atoms with Crippen molar-refractivity contribution in [2.24, 2.45) is 5.16 Å². The number of hydrogen-bond acceptors (Lipinski definition) is 4. The van der Waals surface area contributed by atoms with E-state index in [1.165, 1.54) is 12.1 Å². The van der Waals surface area contributed by atoms with Gasteiger partial charge in [0.05, 0.1) is 5.71 Å². The van der Waals surface area contributed by atoms with Crippen LogP contribution in [0.1, 0.15) is 17.5 Å². The lowest BCUT2D eigenvalue weighted by Crippen LogP contribution is -2.46. The Balaban J connectivity index is 1.61. The third kappa shape index (κ3) is 4.24. The first-order chi connectivity index (χ1) is 12.5. The zero-order valence-corrected chi connectivity index (χ0v) is 13.8. The van der Waals surface area contributed by atoms with Crippen LogP contribution in [0.2, 0.25) is 0 Å². The molecule has 0 aromatic heterocycles. The van der Waals surface area contributed by atoms with Gasteiger partial charge in [0.15, 0.2) is 0 Å². The molecule has 134 valence electrons. The molecule has 2 N–H and O–H groups in total. The predicted octanol–water partition coefficient (Wildman–Crippen LogP) is 2.13. The van der Waals surface area contributed by atoms with Crippen LogP contribution in [-0.2, 0) is 20.8 Å².